The Labute approximate surface area is 127 Å². The van der Waals surface area contributed by atoms with Gasteiger partial charge in [-0.25, -0.2) is 0 Å². The average Bonchev–Trinajstić information content (AvgIpc) is 0. The minimum absolute atomic E-state index is 0. The Morgan fingerprint density at radius 2 is 0.333 bits per heavy atom. The molecule has 0 aromatic rings. The molecule has 0 heterocycles. The van der Waals surface area contributed by atoms with Crippen molar-refractivity contribution in [1.29, 1.82) is 0 Å². The summed E-state index contributed by atoms with van der Waals surface area (Å²) in [5.74, 6) is 0. The van der Waals surface area contributed by atoms with Crippen LogP contribution in [0.5, 0.6) is 0 Å². The van der Waals surface area contributed by atoms with Crippen molar-refractivity contribution in [2.75, 3.05) is 0 Å². The Morgan fingerprint density at radius 3 is 0.333 bits per heavy atom. The Bertz CT molecular complexity index is 12.5. The molecule has 0 aromatic heterocycles. The van der Waals surface area contributed by atoms with Crippen molar-refractivity contribution >= 4 is 17.4 Å². The summed E-state index contributed by atoms with van der Waals surface area (Å²) in [5, 5.41) is 0. The molecule has 9 heavy (non-hydrogen) atoms. The van der Waals surface area contributed by atoms with Crippen molar-refractivity contribution in [3.8, 4) is 0 Å². The zero-order valence-corrected chi connectivity index (χ0v) is 11.1. The Hall–Kier alpha value is 3.23. The summed E-state index contributed by atoms with van der Waals surface area (Å²) in [6, 6.07) is 0. The first-order chi connectivity index (χ1) is 0. The fourth-order valence-electron chi connectivity index (χ4n) is 0. The largest absolute Gasteiger partial charge is 0.344 e. The molecule has 0 aliphatic carbocycles. The second-order valence-corrected chi connectivity index (χ2v) is 0. The van der Waals surface area contributed by atoms with E-state index in [1.54, 1.807) is 0 Å². The van der Waals surface area contributed by atoms with Crippen LogP contribution in [0.4, 0.5) is 0 Å². The van der Waals surface area contributed by atoms with Crippen molar-refractivity contribution in [1.82, 2.24) is 24.6 Å². The van der Waals surface area contributed by atoms with Crippen molar-refractivity contribution in [3.63, 3.8) is 0 Å². The number of hydrogen-bond acceptors (Lipinski definition) is 4. The van der Waals surface area contributed by atoms with Gasteiger partial charge in [0, 0.05) is 86.9 Å². The third-order valence-corrected chi connectivity index (χ3v) is 0. The molecule has 0 saturated carbocycles. The smallest absolute Gasteiger partial charge is 0.187 e. The van der Waals surface area contributed by atoms with Gasteiger partial charge in [-0.1, -0.05) is 0 Å². The zero-order chi connectivity index (χ0) is 0. The number of rotatable bonds is 0. The Balaban J connectivity index is 0. The van der Waals surface area contributed by atoms with Crippen molar-refractivity contribution in [2.24, 2.45) is 0 Å². The quantitative estimate of drug-likeness (QED) is 0.444. The predicted molar refractivity (Wildman–Crippen MR) is 30.0 cm³/mol. The van der Waals surface area contributed by atoms with Crippen molar-refractivity contribution in [3.05, 3.63) is 0 Å². The minimum atomic E-state index is 0. The van der Waals surface area contributed by atoms with Gasteiger partial charge in [-0.15, -0.1) is 0 Å². The van der Waals surface area contributed by atoms with E-state index in [9.17, 15) is 0 Å². The first-order valence-electron chi connectivity index (χ1n) is 0. The fourth-order valence-corrected chi connectivity index (χ4v) is 0. The van der Waals surface area contributed by atoms with E-state index >= 15 is 0 Å². The molecule has 0 atom stereocenters. The van der Waals surface area contributed by atoms with E-state index in [0.717, 1.165) is 0 Å². The van der Waals surface area contributed by atoms with Crippen LogP contribution in [0.2, 0.25) is 0 Å². The van der Waals surface area contributed by atoms with Gasteiger partial charge in [-0.3, -0.25) is 0 Å². The van der Waals surface area contributed by atoms with Gasteiger partial charge in [0.05, 0.1) is 0 Å². The topological polar surface area (TPSA) is 140 Å². The third kappa shape index (κ3) is 91.7. The molecule has 0 radical (unpaired) electrons. The summed E-state index contributed by atoms with van der Waals surface area (Å²) in [5.41, 5.74) is 0. The monoisotopic (exact) mass is 290 g/mol. The van der Waals surface area contributed by atoms with Gasteiger partial charge < -0.3 is 24.6 Å². The SMILES string of the molecule is N.N.N.N.[AlH3].[Ti].[Ti].[Ti].[Ti]. The van der Waals surface area contributed by atoms with Crippen molar-refractivity contribution < 1.29 is 86.9 Å². The summed E-state index contributed by atoms with van der Waals surface area (Å²) in [4.78, 5) is 0. The van der Waals surface area contributed by atoms with E-state index in [4.69, 9.17) is 0 Å². The molecule has 9 heteroatoms. The van der Waals surface area contributed by atoms with Gasteiger partial charge in [0.1, 0.15) is 0 Å². The van der Waals surface area contributed by atoms with Crippen LogP contribution in [-0.4, -0.2) is 17.4 Å². The van der Waals surface area contributed by atoms with Crippen LogP contribution in [0.3, 0.4) is 0 Å². The maximum Gasteiger partial charge on any atom is 0.187 e. The first kappa shape index (κ1) is 148. The molecule has 12 N–H and O–H groups in total. The van der Waals surface area contributed by atoms with E-state index in [2.05, 4.69) is 0 Å². The van der Waals surface area contributed by atoms with E-state index in [1.165, 1.54) is 0 Å². The average molecular weight is 290 g/mol. The molecule has 0 aromatic carbocycles. The van der Waals surface area contributed by atoms with Gasteiger partial charge in [0.15, 0.2) is 17.4 Å². The Morgan fingerprint density at radius 1 is 0.333 bits per heavy atom. The molecule has 54 valence electrons. The first-order valence-corrected chi connectivity index (χ1v) is 0. The van der Waals surface area contributed by atoms with Gasteiger partial charge in [0.2, 0.25) is 0 Å². The second kappa shape index (κ2) is 113. The van der Waals surface area contributed by atoms with Crippen molar-refractivity contribution in [2.45, 2.75) is 0 Å². The molecule has 4 nitrogen and oxygen atoms in total. The van der Waals surface area contributed by atoms with Crippen LogP contribution in [0.15, 0.2) is 0 Å². The normalized spacial score (nSPS) is 0. The summed E-state index contributed by atoms with van der Waals surface area (Å²) in [6.45, 7) is 0. The van der Waals surface area contributed by atoms with Crippen LogP contribution in [0.25, 0.3) is 0 Å². The van der Waals surface area contributed by atoms with Gasteiger partial charge in [0.25, 0.3) is 0 Å². The van der Waals surface area contributed by atoms with E-state index in [1.807, 2.05) is 0 Å². The van der Waals surface area contributed by atoms with Crippen LogP contribution in [0.1, 0.15) is 0 Å². The van der Waals surface area contributed by atoms with Gasteiger partial charge in [-0.2, -0.15) is 0 Å². The van der Waals surface area contributed by atoms with Gasteiger partial charge >= 0.3 is 0 Å². The third-order valence-electron chi connectivity index (χ3n) is 0. The predicted octanol–water partition coefficient (Wildman–Crippen LogP) is -0.546. The Kier molecular flexibility index (Phi) is 1850. The van der Waals surface area contributed by atoms with E-state index < -0.39 is 0 Å². The standard InChI is InChI=1S/Al.4H3N.4Ti.3H/h;4*1H3;;;;;;;. The molecule has 0 bridgehead atoms. The van der Waals surface area contributed by atoms with E-state index in [-0.39, 0.29) is 129 Å². The molecule has 0 saturated heterocycles. The van der Waals surface area contributed by atoms with Crippen LogP contribution < -0.4 is 24.6 Å². The van der Waals surface area contributed by atoms with Crippen LogP contribution >= 0.6 is 0 Å². The maximum absolute atomic E-state index is 0. The minimum Gasteiger partial charge on any atom is -0.344 e. The van der Waals surface area contributed by atoms with E-state index in [0.29, 0.717) is 0 Å². The summed E-state index contributed by atoms with van der Waals surface area (Å²) in [7, 11) is 0. The fraction of sp³-hybridized carbons (Fsp3) is 0. The van der Waals surface area contributed by atoms with Crippen LogP contribution in [-0.2, 0) is 86.9 Å². The molecule has 0 aliphatic rings. The molecule has 0 fully saturated rings. The van der Waals surface area contributed by atoms with Gasteiger partial charge in [-0.05, 0) is 0 Å². The second-order valence-electron chi connectivity index (χ2n) is 0. The summed E-state index contributed by atoms with van der Waals surface area (Å²) in [6.07, 6.45) is 0. The number of hydrogen-bond donors (Lipinski definition) is 4. The zero-order valence-electron chi connectivity index (χ0n) is 4.83. The maximum atomic E-state index is 0. The molecule has 0 aliphatic heterocycles. The summed E-state index contributed by atoms with van der Waals surface area (Å²) >= 11 is 0. The summed E-state index contributed by atoms with van der Waals surface area (Å²) < 4.78 is 0. The van der Waals surface area contributed by atoms with Crippen LogP contribution in [0, 0.1) is 0 Å². The molecular weight excluding hydrogens is 274 g/mol. The molecular formula is H15AlN4Ti4. The molecule has 0 amide bonds. The molecule has 0 spiro atoms. The molecule has 0 rings (SSSR count). The molecule has 0 unspecified atom stereocenters.